The summed E-state index contributed by atoms with van der Waals surface area (Å²) in [5.41, 5.74) is 8.40. The second-order valence-corrected chi connectivity index (χ2v) is 8.88. The molecule has 0 bridgehead atoms. The summed E-state index contributed by atoms with van der Waals surface area (Å²) < 4.78 is 0. The fourth-order valence-corrected chi connectivity index (χ4v) is 5.57. The molecule has 1 aliphatic carbocycles. The van der Waals surface area contributed by atoms with Gasteiger partial charge >= 0.3 is 0 Å². The fraction of sp³-hybridized carbons (Fsp3) is 0.167. The number of primary amides is 1. The molecule has 0 saturated carbocycles. The fourth-order valence-electron chi connectivity index (χ4n) is 4.28. The van der Waals surface area contributed by atoms with E-state index in [1.807, 2.05) is 0 Å². The Bertz CT molecular complexity index is 1260. The quantitative estimate of drug-likeness (QED) is 0.596. The molecule has 0 unspecified atom stereocenters. The van der Waals surface area contributed by atoms with Gasteiger partial charge in [-0.1, -0.05) is 12.1 Å². The van der Waals surface area contributed by atoms with Gasteiger partial charge in [0.2, 0.25) is 0 Å². The summed E-state index contributed by atoms with van der Waals surface area (Å²) in [4.78, 5) is 52.4. The molecule has 2 aliphatic rings. The van der Waals surface area contributed by atoms with E-state index in [0.29, 0.717) is 32.9 Å². The maximum Gasteiger partial charge on any atom is 0.266 e. The molecule has 0 fully saturated rings. The zero-order chi connectivity index (χ0) is 22.4. The van der Waals surface area contributed by atoms with Crippen molar-refractivity contribution in [3.05, 3.63) is 81.2 Å². The van der Waals surface area contributed by atoms with Gasteiger partial charge in [-0.25, -0.2) is 4.90 Å². The second kappa shape index (κ2) is 7.72. The largest absolute Gasteiger partial charge is 0.365 e. The third-order valence-corrected chi connectivity index (χ3v) is 7.03. The third-order valence-electron chi connectivity index (χ3n) is 5.83. The van der Waals surface area contributed by atoms with Gasteiger partial charge in [-0.15, -0.1) is 11.3 Å². The molecule has 0 atom stereocenters. The molecule has 2 heterocycles. The highest BCUT2D eigenvalue weighted by Gasteiger charge is 2.36. The van der Waals surface area contributed by atoms with Gasteiger partial charge < -0.3 is 11.1 Å². The van der Waals surface area contributed by atoms with Crippen molar-refractivity contribution in [3.8, 4) is 0 Å². The van der Waals surface area contributed by atoms with Crippen LogP contribution in [0.25, 0.3) is 0 Å². The highest BCUT2D eigenvalue weighted by molar-refractivity contribution is 7.17. The molecule has 0 saturated heterocycles. The number of hydrogen-bond donors (Lipinski definition) is 2. The zero-order valence-corrected chi connectivity index (χ0v) is 17.8. The summed E-state index contributed by atoms with van der Waals surface area (Å²) in [6.45, 7) is 0. The van der Waals surface area contributed by atoms with Crippen molar-refractivity contribution in [2.24, 2.45) is 5.73 Å². The molecule has 0 spiro atoms. The molecule has 1 aromatic heterocycles. The Labute approximate surface area is 187 Å². The smallest absolute Gasteiger partial charge is 0.266 e. The second-order valence-electron chi connectivity index (χ2n) is 7.77. The summed E-state index contributed by atoms with van der Waals surface area (Å²) in [5.74, 6) is -1.71. The maximum absolute atomic E-state index is 12.8. The first-order chi connectivity index (χ1) is 15.5. The van der Waals surface area contributed by atoms with Gasteiger partial charge in [-0.3, -0.25) is 19.2 Å². The summed E-state index contributed by atoms with van der Waals surface area (Å²) in [7, 11) is 0. The van der Waals surface area contributed by atoms with E-state index in [4.69, 9.17) is 5.73 Å². The Kier molecular flexibility index (Phi) is 4.86. The zero-order valence-electron chi connectivity index (χ0n) is 17.0. The number of hydrogen-bond acceptors (Lipinski definition) is 5. The molecular weight excluding hydrogens is 426 g/mol. The van der Waals surface area contributed by atoms with E-state index in [1.54, 1.807) is 48.5 Å². The van der Waals surface area contributed by atoms with E-state index < -0.39 is 17.7 Å². The van der Waals surface area contributed by atoms with E-state index in [2.05, 4.69) is 5.32 Å². The normalized spacial score (nSPS) is 14.8. The number of carbonyl (C=O) groups is 4. The summed E-state index contributed by atoms with van der Waals surface area (Å²) in [6, 6.07) is 12.9. The van der Waals surface area contributed by atoms with Gasteiger partial charge in [0, 0.05) is 10.4 Å². The van der Waals surface area contributed by atoms with Crippen LogP contribution in [0, 0.1) is 0 Å². The first-order valence-corrected chi connectivity index (χ1v) is 11.1. The van der Waals surface area contributed by atoms with Gasteiger partial charge in [0.05, 0.1) is 22.4 Å². The molecular formula is C24H19N3O4S. The Morgan fingerprint density at radius 3 is 2.16 bits per heavy atom. The standard InChI is InChI=1S/C24H19N3O4S/c25-20(28)19-17-7-3-4-8-18(17)32-22(19)26-21(29)13-9-11-14(12-10-13)27-23(30)15-5-1-2-6-16(15)24(27)31/h1-2,5-6,9-12H,3-4,7-8H2,(H2,25,28)(H,26,29). The Hall–Kier alpha value is -3.78. The van der Waals surface area contributed by atoms with Gasteiger partial charge in [-0.2, -0.15) is 0 Å². The minimum atomic E-state index is -0.541. The number of rotatable bonds is 4. The van der Waals surface area contributed by atoms with Crippen LogP contribution in [0.2, 0.25) is 0 Å². The SMILES string of the molecule is NC(=O)c1c(NC(=O)c2ccc(N3C(=O)c4ccccc4C3=O)cc2)sc2c1CCCC2. The van der Waals surface area contributed by atoms with Crippen molar-refractivity contribution in [3.63, 3.8) is 0 Å². The van der Waals surface area contributed by atoms with Crippen LogP contribution < -0.4 is 16.0 Å². The van der Waals surface area contributed by atoms with Crippen molar-refractivity contribution in [1.29, 1.82) is 0 Å². The van der Waals surface area contributed by atoms with Crippen molar-refractivity contribution in [2.45, 2.75) is 25.7 Å². The maximum atomic E-state index is 12.8. The Morgan fingerprint density at radius 1 is 0.906 bits per heavy atom. The lowest BCUT2D eigenvalue weighted by Crippen LogP contribution is -2.29. The molecule has 5 rings (SSSR count). The van der Waals surface area contributed by atoms with Gasteiger partial charge in [0.1, 0.15) is 5.00 Å². The number of fused-ring (bicyclic) bond motifs is 2. The Balaban J connectivity index is 1.38. The lowest BCUT2D eigenvalue weighted by atomic mass is 9.95. The van der Waals surface area contributed by atoms with E-state index in [-0.39, 0.29) is 5.91 Å². The van der Waals surface area contributed by atoms with Crippen molar-refractivity contribution < 1.29 is 19.2 Å². The van der Waals surface area contributed by atoms with E-state index in [1.165, 1.54) is 11.3 Å². The number of nitrogens with two attached hydrogens (primary N) is 1. The molecule has 3 N–H and O–H groups in total. The number of anilines is 2. The van der Waals surface area contributed by atoms with E-state index >= 15 is 0 Å². The van der Waals surface area contributed by atoms with Crippen LogP contribution in [-0.4, -0.2) is 23.6 Å². The van der Waals surface area contributed by atoms with Crippen LogP contribution in [0.3, 0.4) is 0 Å². The monoisotopic (exact) mass is 445 g/mol. The number of imide groups is 1. The van der Waals surface area contributed by atoms with Crippen LogP contribution in [0.4, 0.5) is 10.7 Å². The van der Waals surface area contributed by atoms with Crippen molar-refractivity contribution in [2.75, 3.05) is 10.2 Å². The number of thiophene rings is 1. The highest BCUT2D eigenvalue weighted by atomic mass is 32.1. The first kappa shape index (κ1) is 20.1. The average Bonchev–Trinajstić information content (AvgIpc) is 3.29. The molecule has 8 heteroatoms. The van der Waals surface area contributed by atoms with Crippen LogP contribution >= 0.6 is 11.3 Å². The molecule has 4 amide bonds. The molecule has 160 valence electrons. The number of nitrogens with one attached hydrogen (secondary N) is 1. The van der Waals surface area contributed by atoms with Crippen molar-refractivity contribution >= 4 is 45.7 Å². The van der Waals surface area contributed by atoms with Gasteiger partial charge in [-0.05, 0) is 67.6 Å². The number of nitrogens with zero attached hydrogens (tertiary/aromatic N) is 1. The predicted molar refractivity (Wildman–Crippen MR) is 121 cm³/mol. The highest BCUT2D eigenvalue weighted by Crippen LogP contribution is 2.38. The lowest BCUT2D eigenvalue weighted by molar-refractivity contribution is 0.0923. The molecule has 2 aromatic carbocycles. The van der Waals surface area contributed by atoms with Crippen LogP contribution in [0.15, 0.2) is 48.5 Å². The lowest BCUT2D eigenvalue weighted by Gasteiger charge is -2.14. The molecule has 1 aliphatic heterocycles. The molecule has 3 aromatic rings. The number of carbonyl (C=O) groups excluding carboxylic acids is 4. The van der Waals surface area contributed by atoms with Gasteiger partial charge in [0.25, 0.3) is 23.6 Å². The summed E-state index contributed by atoms with van der Waals surface area (Å²) in [5, 5.41) is 3.29. The number of amides is 4. The molecule has 0 radical (unpaired) electrons. The minimum Gasteiger partial charge on any atom is -0.365 e. The van der Waals surface area contributed by atoms with E-state index in [9.17, 15) is 19.2 Å². The summed E-state index contributed by atoms with van der Waals surface area (Å²) in [6.07, 6.45) is 3.72. The predicted octanol–water partition coefficient (Wildman–Crippen LogP) is 3.78. The molecule has 32 heavy (non-hydrogen) atoms. The third kappa shape index (κ3) is 3.20. The van der Waals surface area contributed by atoms with Crippen LogP contribution in [0.5, 0.6) is 0 Å². The molecule has 7 nitrogen and oxygen atoms in total. The van der Waals surface area contributed by atoms with Crippen LogP contribution in [-0.2, 0) is 12.8 Å². The van der Waals surface area contributed by atoms with Crippen LogP contribution in [0.1, 0.15) is 64.7 Å². The Morgan fingerprint density at radius 2 is 1.53 bits per heavy atom. The minimum absolute atomic E-state index is 0.340. The topological polar surface area (TPSA) is 110 Å². The van der Waals surface area contributed by atoms with Crippen molar-refractivity contribution in [1.82, 2.24) is 0 Å². The number of benzene rings is 2. The first-order valence-electron chi connectivity index (χ1n) is 10.3. The summed E-state index contributed by atoms with van der Waals surface area (Å²) >= 11 is 1.40. The average molecular weight is 446 g/mol. The van der Waals surface area contributed by atoms with E-state index in [0.717, 1.165) is 41.0 Å². The number of aryl methyl sites for hydroxylation is 1. The van der Waals surface area contributed by atoms with Gasteiger partial charge in [0.15, 0.2) is 0 Å².